The van der Waals surface area contributed by atoms with Crippen molar-refractivity contribution >= 4 is 35.8 Å². The third-order valence-corrected chi connectivity index (χ3v) is 3.21. The van der Waals surface area contributed by atoms with Gasteiger partial charge in [-0.3, -0.25) is 9.79 Å². The Labute approximate surface area is 119 Å². The molecule has 3 N–H and O–H groups in total. The molecule has 1 aliphatic heterocycles. The van der Waals surface area contributed by atoms with Crippen LogP contribution >= 0.6 is 24.0 Å². The van der Waals surface area contributed by atoms with Crippen LogP contribution in [0.5, 0.6) is 0 Å². The van der Waals surface area contributed by atoms with Crippen molar-refractivity contribution in [3.8, 4) is 0 Å². The van der Waals surface area contributed by atoms with Crippen LogP contribution in [-0.4, -0.2) is 42.9 Å². The number of halogens is 1. The Morgan fingerprint density at radius 3 is 2.82 bits per heavy atom. The highest BCUT2D eigenvalue weighted by Gasteiger charge is 2.24. The highest BCUT2D eigenvalue weighted by molar-refractivity contribution is 14.0. The van der Waals surface area contributed by atoms with Crippen LogP contribution in [0.4, 0.5) is 0 Å². The second kappa shape index (κ2) is 6.42. The number of hydrogen-bond acceptors (Lipinski definition) is 2. The molecule has 17 heavy (non-hydrogen) atoms. The molecule has 1 saturated heterocycles. The quantitative estimate of drug-likeness (QED) is 0.443. The van der Waals surface area contributed by atoms with E-state index in [1.807, 2.05) is 7.05 Å². The van der Waals surface area contributed by atoms with Crippen LogP contribution in [-0.2, 0) is 4.79 Å². The number of carbonyl (C=O) groups is 1. The van der Waals surface area contributed by atoms with Gasteiger partial charge in [0.05, 0.1) is 0 Å². The highest BCUT2D eigenvalue weighted by atomic mass is 127. The van der Waals surface area contributed by atoms with Crippen LogP contribution in [0.15, 0.2) is 4.99 Å². The second-order valence-electron chi connectivity index (χ2n) is 4.82. The van der Waals surface area contributed by atoms with Gasteiger partial charge in [-0.05, 0) is 25.2 Å². The molecule has 0 radical (unpaired) electrons. The molecule has 98 valence electrons. The summed E-state index contributed by atoms with van der Waals surface area (Å²) in [5, 5.41) is 3.15. The van der Waals surface area contributed by atoms with Gasteiger partial charge in [0, 0.05) is 32.6 Å². The van der Waals surface area contributed by atoms with Crippen molar-refractivity contribution in [3.63, 3.8) is 0 Å². The Balaban J connectivity index is 0.00000144. The van der Waals surface area contributed by atoms with Crippen molar-refractivity contribution in [2.24, 2.45) is 16.6 Å². The third kappa shape index (κ3) is 4.69. The van der Waals surface area contributed by atoms with Crippen LogP contribution in [0.25, 0.3) is 0 Å². The predicted molar refractivity (Wildman–Crippen MR) is 78.4 cm³/mol. The molecule has 1 heterocycles. The van der Waals surface area contributed by atoms with E-state index in [4.69, 9.17) is 5.73 Å². The number of rotatable bonds is 3. The summed E-state index contributed by atoms with van der Waals surface area (Å²) in [6.45, 7) is 1.51. The minimum Gasteiger partial charge on any atom is -0.370 e. The van der Waals surface area contributed by atoms with Crippen molar-refractivity contribution in [3.05, 3.63) is 0 Å². The Morgan fingerprint density at radius 1 is 1.53 bits per heavy atom. The number of likely N-dealkylation sites (tertiary alicyclic amines) is 1. The first-order chi connectivity index (χ1) is 7.65. The van der Waals surface area contributed by atoms with Crippen molar-refractivity contribution < 1.29 is 4.79 Å². The molecule has 1 aliphatic carbocycles. The number of nitrogens with two attached hydrogens (primary N) is 1. The normalized spacial score (nSPS) is 25.5. The Morgan fingerprint density at radius 2 is 2.24 bits per heavy atom. The lowest BCUT2D eigenvalue weighted by molar-refractivity contribution is -0.133. The molecule has 6 heteroatoms. The zero-order valence-electron chi connectivity index (χ0n) is 10.2. The third-order valence-electron chi connectivity index (χ3n) is 3.21. The fraction of sp³-hybridized carbons (Fsp3) is 0.818. The molecule has 2 rings (SSSR count). The summed E-state index contributed by atoms with van der Waals surface area (Å²) in [4.78, 5) is 17.6. The van der Waals surface area contributed by atoms with E-state index in [1.165, 1.54) is 12.8 Å². The van der Waals surface area contributed by atoms with Crippen molar-refractivity contribution in [2.45, 2.75) is 31.7 Å². The van der Waals surface area contributed by atoms with Crippen LogP contribution in [0, 0.1) is 5.92 Å². The standard InChI is InChI=1S/C11H20N4O.HI/c1-15-5-4-8(6-10(15)16)7-13-11(12)14-9-2-3-9;/h8-9H,2-7H2,1H3,(H3,12,13,14);1H. The molecule has 0 bridgehead atoms. The smallest absolute Gasteiger partial charge is 0.222 e. The zero-order valence-corrected chi connectivity index (χ0v) is 12.5. The van der Waals surface area contributed by atoms with E-state index < -0.39 is 0 Å². The van der Waals surface area contributed by atoms with E-state index in [0.717, 1.165) is 13.0 Å². The lowest BCUT2D eigenvalue weighted by Gasteiger charge is -2.27. The average Bonchev–Trinajstić information content (AvgIpc) is 3.04. The largest absolute Gasteiger partial charge is 0.370 e. The van der Waals surface area contributed by atoms with E-state index in [2.05, 4.69) is 10.3 Å². The fourth-order valence-corrected chi connectivity index (χ4v) is 1.87. The maximum atomic E-state index is 11.5. The van der Waals surface area contributed by atoms with Gasteiger partial charge in [0.2, 0.25) is 5.91 Å². The first-order valence-corrected chi connectivity index (χ1v) is 5.95. The molecular weight excluding hydrogens is 331 g/mol. The first kappa shape index (κ1) is 14.5. The SMILES string of the molecule is CN1CCC(CN=C(N)NC2CC2)CC1=O.I. The van der Waals surface area contributed by atoms with Gasteiger partial charge in [0.15, 0.2) is 5.96 Å². The summed E-state index contributed by atoms with van der Waals surface area (Å²) in [7, 11) is 1.85. The van der Waals surface area contributed by atoms with E-state index >= 15 is 0 Å². The van der Waals surface area contributed by atoms with E-state index in [0.29, 0.717) is 30.9 Å². The topological polar surface area (TPSA) is 70.7 Å². The van der Waals surface area contributed by atoms with Gasteiger partial charge in [0.25, 0.3) is 0 Å². The van der Waals surface area contributed by atoms with Gasteiger partial charge in [-0.25, -0.2) is 0 Å². The van der Waals surface area contributed by atoms with Crippen LogP contribution in [0.3, 0.4) is 0 Å². The maximum Gasteiger partial charge on any atom is 0.222 e. The molecule has 0 spiro atoms. The summed E-state index contributed by atoms with van der Waals surface area (Å²) >= 11 is 0. The highest BCUT2D eigenvalue weighted by Crippen LogP contribution is 2.19. The summed E-state index contributed by atoms with van der Waals surface area (Å²) in [6, 6.07) is 0.544. The Bertz CT molecular complexity index is 304. The molecule has 0 aromatic rings. The van der Waals surface area contributed by atoms with Gasteiger partial charge in [0.1, 0.15) is 0 Å². The maximum absolute atomic E-state index is 11.5. The molecule has 1 amide bonds. The molecule has 1 saturated carbocycles. The summed E-state index contributed by atoms with van der Waals surface area (Å²) in [5.74, 6) is 1.12. The molecule has 0 aromatic heterocycles. The molecule has 2 aliphatic rings. The minimum atomic E-state index is 0. The van der Waals surface area contributed by atoms with Gasteiger partial charge in [-0.15, -0.1) is 24.0 Å². The first-order valence-electron chi connectivity index (χ1n) is 5.95. The predicted octanol–water partition coefficient (Wildman–Crippen LogP) is 0.539. The molecule has 0 aromatic carbocycles. The number of carbonyl (C=O) groups excluding carboxylic acids is 1. The lowest BCUT2D eigenvalue weighted by atomic mass is 9.97. The van der Waals surface area contributed by atoms with Gasteiger partial charge in [-0.2, -0.15) is 0 Å². The van der Waals surface area contributed by atoms with E-state index in [9.17, 15) is 4.79 Å². The average molecular weight is 352 g/mol. The molecule has 2 fully saturated rings. The van der Waals surface area contributed by atoms with Gasteiger partial charge in [-0.1, -0.05) is 0 Å². The van der Waals surface area contributed by atoms with Crippen LogP contribution < -0.4 is 11.1 Å². The summed E-state index contributed by atoms with van der Waals surface area (Å²) in [6.07, 6.45) is 4.03. The number of nitrogens with zero attached hydrogens (tertiary/aromatic N) is 2. The second-order valence-corrected chi connectivity index (χ2v) is 4.82. The van der Waals surface area contributed by atoms with Crippen LogP contribution in [0.1, 0.15) is 25.7 Å². The molecular formula is C11H21IN4O. The molecule has 5 nitrogen and oxygen atoms in total. The number of nitrogens with one attached hydrogen (secondary N) is 1. The van der Waals surface area contributed by atoms with Crippen molar-refractivity contribution in [1.82, 2.24) is 10.2 Å². The van der Waals surface area contributed by atoms with Gasteiger partial charge >= 0.3 is 0 Å². The number of piperidine rings is 1. The fourth-order valence-electron chi connectivity index (χ4n) is 1.87. The van der Waals surface area contributed by atoms with Crippen molar-refractivity contribution in [1.29, 1.82) is 0 Å². The van der Waals surface area contributed by atoms with Gasteiger partial charge < -0.3 is 16.0 Å². The number of aliphatic imine (C=N–C) groups is 1. The Hall–Kier alpha value is -0.530. The van der Waals surface area contributed by atoms with E-state index in [1.54, 1.807) is 4.90 Å². The van der Waals surface area contributed by atoms with E-state index in [-0.39, 0.29) is 29.9 Å². The number of hydrogen-bond donors (Lipinski definition) is 2. The monoisotopic (exact) mass is 352 g/mol. The Kier molecular flexibility index (Phi) is 5.48. The van der Waals surface area contributed by atoms with Crippen molar-refractivity contribution in [2.75, 3.05) is 20.1 Å². The number of guanidine groups is 1. The molecule has 1 unspecified atom stereocenters. The molecule has 1 atom stereocenters. The minimum absolute atomic E-state index is 0. The number of amides is 1. The summed E-state index contributed by atoms with van der Waals surface area (Å²) in [5.41, 5.74) is 5.74. The zero-order chi connectivity index (χ0) is 11.5. The lowest BCUT2D eigenvalue weighted by Crippen LogP contribution is -2.37. The summed E-state index contributed by atoms with van der Waals surface area (Å²) < 4.78 is 0. The van der Waals surface area contributed by atoms with Crippen LogP contribution in [0.2, 0.25) is 0 Å².